The SMILES string of the molecule is CCC(CCO)CNC(=O)CCNC(C)(C)C. The van der Waals surface area contributed by atoms with E-state index in [4.69, 9.17) is 5.11 Å². The zero-order valence-corrected chi connectivity index (χ0v) is 11.7. The molecule has 0 bridgehead atoms. The van der Waals surface area contributed by atoms with Gasteiger partial charge in [-0.2, -0.15) is 0 Å². The van der Waals surface area contributed by atoms with Crippen LogP contribution in [-0.4, -0.2) is 36.2 Å². The Morgan fingerprint density at radius 3 is 2.47 bits per heavy atom. The molecule has 0 aromatic rings. The molecule has 4 nitrogen and oxygen atoms in total. The Labute approximate surface area is 105 Å². The van der Waals surface area contributed by atoms with Gasteiger partial charge in [-0.05, 0) is 33.1 Å². The van der Waals surface area contributed by atoms with Crippen LogP contribution < -0.4 is 10.6 Å². The molecule has 0 spiro atoms. The van der Waals surface area contributed by atoms with Crippen LogP contribution in [-0.2, 0) is 4.79 Å². The molecule has 0 aromatic carbocycles. The molecule has 0 aromatic heterocycles. The molecule has 0 saturated heterocycles. The van der Waals surface area contributed by atoms with Crippen molar-refractivity contribution in [2.75, 3.05) is 19.7 Å². The van der Waals surface area contributed by atoms with Gasteiger partial charge in [0.25, 0.3) is 0 Å². The van der Waals surface area contributed by atoms with Gasteiger partial charge in [-0.3, -0.25) is 4.79 Å². The third kappa shape index (κ3) is 10.3. The lowest BCUT2D eigenvalue weighted by atomic mass is 10.0. The van der Waals surface area contributed by atoms with Crippen molar-refractivity contribution in [3.63, 3.8) is 0 Å². The summed E-state index contributed by atoms with van der Waals surface area (Å²) >= 11 is 0. The van der Waals surface area contributed by atoms with E-state index in [0.29, 0.717) is 25.4 Å². The van der Waals surface area contributed by atoms with E-state index in [0.717, 1.165) is 12.8 Å². The molecule has 0 aliphatic carbocycles. The molecule has 1 unspecified atom stereocenters. The molecule has 0 radical (unpaired) electrons. The number of amides is 1. The first-order valence-electron chi connectivity index (χ1n) is 6.51. The largest absolute Gasteiger partial charge is 0.396 e. The second-order valence-electron chi connectivity index (χ2n) is 5.52. The van der Waals surface area contributed by atoms with Crippen LogP contribution >= 0.6 is 0 Å². The van der Waals surface area contributed by atoms with E-state index in [1.165, 1.54) is 0 Å². The van der Waals surface area contributed by atoms with E-state index in [-0.39, 0.29) is 18.1 Å². The Morgan fingerprint density at radius 1 is 1.35 bits per heavy atom. The summed E-state index contributed by atoms with van der Waals surface area (Å²) in [4.78, 5) is 11.5. The lowest BCUT2D eigenvalue weighted by Gasteiger charge is -2.20. The number of hydrogen-bond acceptors (Lipinski definition) is 3. The van der Waals surface area contributed by atoms with Crippen molar-refractivity contribution < 1.29 is 9.90 Å². The highest BCUT2D eigenvalue weighted by Crippen LogP contribution is 2.05. The Morgan fingerprint density at radius 2 is 2.00 bits per heavy atom. The molecule has 1 atom stereocenters. The topological polar surface area (TPSA) is 61.4 Å². The molecule has 17 heavy (non-hydrogen) atoms. The molecule has 0 fully saturated rings. The quantitative estimate of drug-likeness (QED) is 0.603. The number of nitrogens with one attached hydrogen (secondary N) is 2. The van der Waals surface area contributed by atoms with Crippen LogP contribution in [0.15, 0.2) is 0 Å². The van der Waals surface area contributed by atoms with Gasteiger partial charge in [0.1, 0.15) is 0 Å². The van der Waals surface area contributed by atoms with E-state index < -0.39 is 0 Å². The van der Waals surface area contributed by atoms with Gasteiger partial charge < -0.3 is 15.7 Å². The van der Waals surface area contributed by atoms with E-state index >= 15 is 0 Å². The Balaban J connectivity index is 3.65. The molecule has 0 aliphatic heterocycles. The Bertz CT molecular complexity index is 212. The highest BCUT2D eigenvalue weighted by atomic mass is 16.3. The first-order chi connectivity index (χ1) is 7.89. The summed E-state index contributed by atoms with van der Waals surface area (Å²) in [5.74, 6) is 0.470. The van der Waals surface area contributed by atoms with E-state index in [2.05, 4.69) is 38.3 Å². The van der Waals surface area contributed by atoms with Gasteiger partial charge in [-0.15, -0.1) is 0 Å². The van der Waals surface area contributed by atoms with Crippen LogP contribution in [0.1, 0.15) is 47.0 Å². The summed E-state index contributed by atoms with van der Waals surface area (Å²) < 4.78 is 0. The smallest absolute Gasteiger partial charge is 0.221 e. The summed E-state index contributed by atoms with van der Waals surface area (Å²) in [5, 5.41) is 15.0. The van der Waals surface area contributed by atoms with Crippen molar-refractivity contribution in [2.45, 2.75) is 52.5 Å². The molecule has 1 amide bonds. The molecular formula is C13H28N2O2. The van der Waals surface area contributed by atoms with Crippen LogP contribution in [0.5, 0.6) is 0 Å². The first-order valence-corrected chi connectivity index (χ1v) is 6.51. The van der Waals surface area contributed by atoms with Crippen molar-refractivity contribution in [1.29, 1.82) is 0 Å². The van der Waals surface area contributed by atoms with Crippen LogP contribution in [0.3, 0.4) is 0 Å². The predicted octanol–water partition coefficient (Wildman–Crippen LogP) is 1.29. The molecule has 102 valence electrons. The molecule has 0 aliphatic rings. The number of aliphatic hydroxyl groups is 1. The van der Waals surface area contributed by atoms with Crippen molar-refractivity contribution in [1.82, 2.24) is 10.6 Å². The predicted molar refractivity (Wildman–Crippen MR) is 70.9 cm³/mol. The highest BCUT2D eigenvalue weighted by molar-refractivity contribution is 5.76. The maximum atomic E-state index is 11.5. The normalized spacial score (nSPS) is 13.5. The third-order valence-electron chi connectivity index (χ3n) is 2.71. The van der Waals surface area contributed by atoms with Crippen molar-refractivity contribution >= 4 is 5.91 Å². The van der Waals surface area contributed by atoms with Crippen molar-refractivity contribution in [3.8, 4) is 0 Å². The van der Waals surface area contributed by atoms with Gasteiger partial charge in [-0.1, -0.05) is 13.3 Å². The van der Waals surface area contributed by atoms with Crippen molar-refractivity contribution in [3.05, 3.63) is 0 Å². The molecular weight excluding hydrogens is 216 g/mol. The van der Waals surface area contributed by atoms with Gasteiger partial charge in [0.15, 0.2) is 0 Å². The number of hydrogen-bond donors (Lipinski definition) is 3. The second kappa shape index (κ2) is 8.48. The number of carbonyl (C=O) groups is 1. The fraction of sp³-hybridized carbons (Fsp3) is 0.923. The van der Waals surface area contributed by atoms with Crippen LogP contribution in [0.25, 0.3) is 0 Å². The average Bonchev–Trinajstić information content (AvgIpc) is 2.22. The number of aliphatic hydroxyl groups excluding tert-OH is 1. The molecule has 4 heteroatoms. The lowest BCUT2D eigenvalue weighted by molar-refractivity contribution is -0.121. The van der Waals surface area contributed by atoms with Gasteiger partial charge in [-0.25, -0.2) is 0 Å². The lowest BCUT2D eigenvalue weighted by Crippen LogP contribution is -2.39. The standard InChI is InChI=1S/C13H28N2O2/c1-5-11(7-9-16)10-14-12(17)6-8-15-13(2,3)4/h11,15-16H,5-10H2,1-4H3,(H,14,17). The Hall–Kier alpha value is -0.610. The molecule has 0 rings (SSSR count). The minimum atomic E-state index is 0.0587. The summed E-state index contributed by atoms with van der Waals surface area (Å²) in [6.07, 6.45) is 2.25. The zero-order chi connectivity index (χ0) is 13.3. The third-order valence-corrected chi connectivity index (χ3v) is 2.71. The van der Waals surface area contributed by atoms with E-state index in [9.17, 15) is 4.79 Å². The number of rotatable bonds is 8. The molecule has 3 N–H and O–H groups in total. The minimum absolute atomic E-state index is 0.0587. The molecule has 0 saturated carbocycles. The minimum Gasteiger partial charge on any atom is -0.396 e. The van der Waals surface area contributed by atoms with Crippen molar-refractivity contribution in [2.24, 2.45) is 5.92 Å². The van der Waals surface area contributed by atoms with Crippen LogP contribution in [0.2, 0.25) is 0 Å². The fourth-order valence-electron chi connectivity index (χ4n) is 1.53. The van der Waals surface area contributed by atoms with E-state index in [1.54, 1.807) is 0 Å². The number of carbonyl (C=O) groups excluding carboxylic acids is 1. The summed E-state index contributed by atoms with van der Waals surface area (Å²) in [5.41, 5.74) is 0.0587. The van der Waals surface area contributed by atoms with Crippen LogP contribution in [0.4, 0.5) is 0 Å². The summed E-state index contributed by atoms with van der Waals surface area (Å²) in [6, 6.07) is 0. The first kappa shape index (κ1) is 16.4. The molecule has 0 heterocycles. The highest BCUT2D eigenvalue weighted by Gasteiger charge is 2.11. The maximum absolute atomic E-state index is 11.5. The van der Waals surface area contributed by atoms with Gasteiger partial charge in [0.05, 0.1) is 0 Å². The van der Waals surface area contributed by atoms with Crippen LogP contribution in [0, 0.1) is 5.92 Å². The van der Waals surface area contributed by atoms with E-state index in [1.807, 2.05) is 0 Å². The Kier molecular flexibility index (Phi) is 8.17. The second-order valence-corrected chi connectivity index (χ2v) is 5.52. The van der Waals surface area contributed by atoms with Gasteiger partial charge in [0, 0.05) is 31.7 Å². The average molecular weight is 244 g/mol. The zero-order valence-electron chi connectivity index (χ0n) is 11.7. The van der Waals surface area contributed by atoms with Gasteiger partial charge in [0.2, 0.25) is 5.91 Å². The maximum Gasteiger partial charge on any atom is 0.221 e. The summed E-state index contributed by atoms with van der Waals surface area (Å²) in [7, 11) is 0. The monoisotopic (exact) mass is 244 g/mol. The summed E-state index contributed by atoms with van der Waals surface area (Å²) in [6.45, 7) is 9.89. The fourth-order valence-corrected chi connectivity index (χ4v) is 1.53. The van der Waals surface area contributed by atoms with Gasteiger partial charge >= 0.3 is 0 Å².